The molecule has 0 saturated carbocycles. The van der Waals surface area contributed by atoms with Crippen molar-refractivity contribution in [3.8, 4) is 0 Å². The standard InChI is InChI=1S/C14H9FN2O2S2/c15-9-3-1-8(2-4-9)11(18)7-21-14-16-10-5-6-20-12(10)13(19)17-14/h1-6H,7H2,(H,16,17,19). The molecule has 0 saturated heterocycles. The molecule has 7 heteroatoms. The predicted molar refractivity (Wildman–Crippen MR) is 81.7 cm³/mol. The van der Waals surface area contributed by atoms with Crippen molar-refractivity contribution < 1.29 is 9.18 Å². The van der Waals surface area contributed by atoms with E-state index in [1.54, 1.807) is 11.4 Å². The molecule has 106 valence electrons. The summed E-state index contributed by atoms with van der Waals surface area (Å²) in [6.07, 6.45) is 0. The Morgan fingerprint density at radius 1 is 1.29 bits per heavy atom. The highest BCUT2D eigenvalue weighted by molar-refractivity contribution is 7.99. The first kappa shape index (κ1) is 14.0. The molecule has 0 spiro atoms. The lowest BCUT2D eigenvalue weighted by Crippen LogP contribution is -2.09. The number of hydrogen-bond acceptors (Lipinski definition) is 5. The van der Waals surface area contributed by atoms with Gasteiger partial charge in [-0.05, 0) is 35.7 Å². The smallest absolute Gasteiger partial charge is 0.269 e. The molecular weight excluding hydrogens is 311 g/mol. The zero-order valence-corrected chi connectivity index (χ0v) is 12.3. The quantitative estimate of drug-likeness (QED) is 0.456. The number of nitrogens with zero attached hydrogens (tertiary/aromatic N) is 1. The van der Waals surface area contributed by atoms with Crippen molar-refractivity contribution in [2.24, 2.45) is 0 Å². The number of ketones is 1. The van der Waals surface area contributed by atoms with E-state index in [0.29, 0.717) is 20.9 Å². The summed E-state index contributed by atoms with van der Waals surface area (Å²) in [4.78, 5) is 30.7. The van der Waals surface area contributed by atoms with E-state index in [1.807, 2.05) is 0 Å². The van der Waals surface area contributed by atoms with Gasteiger partial charge in [-0.2, -0.15) is 0 Å². The molecule has 3 aromatic rings. The minimum Gasteiger partial charge on any atom is -0.300 e. The fourth-order valence-electron chi connectivity index (χ4n) is 1.77. The van der Waals surface area contributed by atoms with E-state index >= 15 is 0 Å². The predicted octanol–water partition coefficient (Wildman–Crippen LogP) is 3.10. The number of rotatable bonds is 4. The molecule has 2 heterocycles. The molecule has 0 unspecified atom stereocenters. The van der Waals surface area contributed by atoms with E-state index in [1.165, 1.54) is 35.6 Å². The number of aromatic amines is 1. The van der Waals surface area contributed by atoms with Gasteiger partial charge < -0.3 is 4.98 Å². The number of thioether (sulfide) groups is 1. The van der Waals surface area contributed by atoms with Crippen LogP contribution in [0.5, 0.6) is 0 Å². The highest BCUT2D eigenvalue weighted by Gasteiger charge is 2.10. The monoisotopic (exact) mass is 320 g/mol. The van der Waals surface area contributed by atoms with E-state index < -0.39 is 0 Å². The van der Waals surface area contributed by atoms with Gasteiger partial charge in [0.2, 0.25) is 0 Å². The average molecular weight is 320 g/mol. The molecule has 0 amide bonds. The number of thiophene rings is 1. The van der Waals surface area contributed by atoms with Crippen LogP contribution in [0.15, 0.2) is 45.7 Å². The van der Waals surface area contributed by atoms with Crippen LogP contribution in [-0.4, -0.2) is 21.5 Å². The summed E-state index contributed by atoms with van der Waals surface area (Å²) in [7, 11) is 0. The first-order chi connectivity index (χ1) is 10.1. The Labute approximate surface area is 127 Å². The molecule has 3 rings (SSSR count). The maximum absolute atomic E-state index is 12.8. The molecule has 0 fully saturated rings. The Morgan fingerprint density at radius 2 is 2.05 bits per heavy atom. The lowest BCUT2D eigenvalue weighted by Gasteiger charge is -2.01. The highest BCUT2D eigenvalue weighted by atomic mass is 32.2. The zero-order valence-electron chi connectivity index (χ0n) is 10.6. The number of H-pyrrole nitrogens is 1. The van der Waals surface area contributed by atoms with Crippen LogP contribution < -0.4 is 5.56 Å². The molecular formula is C14H9FN2O2S2. The summed E-state index contributed by atoms with van der Waals surface area (Å²) >= 11 is 2.48. The first-order valence-corrected chi connectivity index (χ1v) is 7.89. The lowest BCUT2D eigenvalue weighted by molar-refractivity contribution is 0.102. The van der Waals surface area contributed by atoms with Crippen LogP contribution >= 0.6 is 23.1 Å². The minimum absolute atomic E-state index is 0.129. The van der Waals surface area contributed by atoms with Crippen LogP contribution in [-0.2, 0) is 0 Å². The molecule has 0 radical (unpaired) electrons. The zero-order chi connectivity index (χ0) is 14.8. The van der Waals surface area contributed by atoms with Crippen molar-refractivity contribution in [1.82, 2.24) is 9.97 Å². The third-order valence-corrected chi connectivity index (χ3v) is 4.58. The fraction of sp³-hybridized carbons (Fsp3) is 0.0714. The summed E-state index contributed by atoms with van der Waals surface area (Å²) in [5.41, 5.74) is 0.857. The Hall–Kier alpha value is -1.99. The van der Waals surface area contributed by atoms with E-state index in [9.17, 15) is 14.0 Å². The summed E-state index contributed by atoms with van der Waals surface area (Å²) in [6.45, 7) is 0. The second-order valence-electron chi connectivity index (χ2n) is 4.22. The number of aromatic nitrogens is 2. The van der Waals surface area contributed by atoms with E-state index in [4.69, 9.17) is 0 Å². The van der Waals surface area contributed by atoms with Crippen LogP contribution in [0, 0.1) is 5.82 Å². The van der Waals surface area contributed by atoms with Gasteiger partial charge in [0, 0.05) is 5.56 Å². The maximum atomic E-state index is 12.8. The molecule has 0 aliphatic heterocycles. The Balaban J connectivity index is 1.75. The van der Waals surface area contributed by atoms with Crippen LogP contribution in [0.25, 0.3) is 10.2 Å². The van der Waals surface area contributed by atoms with Crippen molar-refractivity contribution in [2.75, 3.05) is 5.75 Å². The van der Waals surface area contributed by atoms with Gasteiger partial charge in [-0.15, -0.1) is 11.3 Å². The second-order valence-corrected chi connectivity index (χ2v) is 6.10. The summed E-state index contributed by atoms with van der Waals surface area (Å²) < 4.78 is 13.4. The SMILES string of the molecule is O=C(CSc1nc2ccsc2c(=O)[nH]1)c1ccc(F)cc1. The van der Waals surface area contributed by atoms with Crippen LogP contribution in [0.1, 0.15) is 10.4 Å². The number of carbonyl (C=O) groups excluding carboxylic acids is 1. The van der Waals surface area contributed by atoms with Gasteiger partial charge in [-0.25, -0.2) is 9.37 Å². The topological polar surface area (TPSA) is 62.8 Å². The first-order valence-electron chi connectivity index (χ1n) is 6.02. The van der Waals surface area contributed by atoms with Crippen molar-refractivity contribution in [1.29, 1.82) is 0 Å². The van der Waals surface area contributed by atoms with E-state index in [-0.39, 0.29) is 22.9 Å². The molecule has 0 aliphatic rings. The summed E-state index contributed by atoms with van der Waals surface area (Å²) in [6, 6.07) is 7.14. The van der Waals surface area contributed by atoms with Crippen LogP contribution in [0.2, 0.25) is 0 Å². The Kier molecular flexibility index (Phi) is 3.85. The number of fused-ring (bicyclic) bond motifs is 1. The lowest BCUT2D eigenvalue weighted by atomic mass is 10.1. The summed E-state index contributed by atoms with van der Waals surface area (Å²) in [5.74, 6) is -0.398. The van der Waals surface area contributed by atoms with E-state index in [0.717, 1.165) is 11.8 Å². The Morgan fingerprint density at radius 3 is 2.81 bits per heavy atom. The molecule has 1 aromatic carbocycles. The largest absolute Gasteiger partial charge is 0.300 e. The fourth-order valence-corrected chi connectivity index (χ4v) is 3.26. The Bertz CT molecular complexity index is 855. The number of hydrogen-bond donors (Lipinski definition) is 1. The van der Waals surface area contributed by atoms with Gasteiger partial charge in [-0.3, -0.25) is 9.59 Å². The number of Topliss-reactive ketones (excluding diaryl/α,β-unsaturated/α-hetero) is 1. The number of halogens is 1. The highest BCUT2D eigenvalue weighted by Crippen LogP contribution is 2.19. The molecule has 21 heavy (non-hydrogen) atoms. The number of carbonyl (C=O) groups is 1. The third kappa shape index (κ3) is 3.03. The normalized spacial score (nSPS) is 10.9. The van der Waals surface area contributed by atoms with Crippen LogP contribution in [0.3, 0.4) is 0 Å². The molecule has 4 nitrogen and oxygen atoms in total. The number of benzene rings is 1. The molecule has 0 aliphatic carbocycles. The second kappa shape index (κ2) is 5.79. The van der Waals surface area contributed by atoms with Gasteiger partial charge >= 0.3 is 0 Å². The minimum atomic E-state index is -0.381. The maximum Gasteiger partial charge on any atom is 0.269 e. The molecule has 2 aromatic heterocycles. The third-order valence-electron chi connectivity index (χ3n) is 2.80. The van der Waals surface area contributed by atoms with Gasteiger partial charge in [0.05, 0.1) is 11.3 Å². The van der Waals surface area contributed by atoms with Crippen molar-refractivity contribution in [2.45, 2.75) is 5.16 Å². The van der Waals surface area contributed by atoms with Gasteiger partial charge in [-0.1, -0.05) is 11.8 Å². The van der Waals surface area contributed by atoms with Crippen molar-refractivity contribution in [3.63, 3.8) is 0 Å². The summed E-state index contributed by atoms with van der Waals surface area (Å²) in [5, 5.41) is 2.20. The van der Waals surface area contributed by atoms with Gasteiger partial charge in [0.1, 0.15) is 10.5 Å². The molecule has 1 N–H and O–H groups in total. The number of nitrogens with one attached hydrogen (secondary N) is 1. The molecule has 0 atom stereocenters. The molecule has 0 bridgehead atoms. The van der Waals surface area contributed by atoms with Crippen molar-refractivity contribution >= 4 is 39.1 Å². The van der Waals surface area contributed by atoms with Crippen molar-refractivity contribution in [3.05, 3.63) is 57.4 Å². The van der Waals surface area contributed by atoms with E-state index in [2.05, 4.69) is 9.97 Å². The van der Waals surface area contributed by atoms with Gasteiger partial charge in [0.25, 0.3) is 5.56 Å². The van der Waals surface area contributed by atoms with Gasteiger partial charge in [0.15, 0.2) is 10.9 Å². The van der Waals surface area contributed by atoms with Crippen LogP contribution in [0.4, 0.5) is 4.39 Å². The average Bonchev–Trinajstić information content (AvgIpc) is 2.94.